The highest BCUT2D eigenvalue weighted by atomic mass is 127. The second-order valence-electron chi connectivity index (χ2n) is 6.75. The third-order valence-electron chi connectivity index (χ3n) is 6.09. The molecular formula is C17H35IN4O. The number of nitrogens with two attached hydrogens (primary N) is 1. The van der Waals surface area contributed by atoms with Crippen LogP contribution < -0.4 is 11.1 Å². The number of ether oxygens (including phenoxy) is 1. The quantitative estimate of drug-likeness (QED) is 0.365. The van der Waals surface area contributed by atoms with Gasteiger partial charge < -0.3 is 15.8 Å². The van der Waals surface area contributed by atoms with Crippen molar-refractivity contribution in [3.05, 3.63) is 0 Å². The van der Waals surface area contributed by atoms with Gasteiger partial charge in [0.15, 0.2) is 5.96 Å². The Bertz CT molecular complexity index is 387. The monoisotopic (exact) mass is 438 g/mol. The Morgan fingerprint density at radius 3 is 2.61 bits per heavy atom. The average molecular weight is 438 g/mol. The lowest BCUT2D eigenvalue weighted by Gasteiger charge is -2.55. The molecule has 1 saturated heterocycles. The van der Waals surface area contributed by atoms with E-state index in [2.05, 4.69) is 36.0 Å². The van der Waals surface area contributed by atoms with E-state index in [-0.39, 0.29) is 29.4 Å². The van der Waals surface area contributed by atoms with Crippen LogP contribution in [0.2, 0.25) is 0 Å². The third-order valence-corrected chi connectivity index (χ3v) is 6.09. The molecule has 2 rings (SSSR count). The van der Waals surface area contributed by atoms with Crippen molar-refractivity contribution in [1.82, 2.24) is 10.2 Å². The van der Waals surface area contributed by atoms with Crippen molar-refractivity contribution in [2.45, 2.75) is 71.1 Å². The van der Waals surface area contributed by atoms with Gasteiger partial charge in [0, 0.05) is 24.6 Å². The van der Waals surface area contributed by atoms with Gasteiger partial charge in [-0.15, -0.1) is 24.0 Å². The first-order chi connectivity index (χ1) is 10.6. The molecule has 2 fully saturated rings. The van der Waals surface area contributed by atoms with Gasteiger partial charge in [-0.2, -0.15) is 0 Å². The van der Waals surface area contributed by atoms with Crippen LogP contribution >= 0.6 is 24.0 Å². The van der Waals surface area contributed by atoms with Crippen molar-refractivity contribution in [2.75, 3.05) is 26.7 Å². The molecule has 0 aromatic rings. The van der Waals surface area contributed by atoms with Gasteiger partial charge in [0.1, 0.15) is 0 Å². The van der Waals surface area contributed by atoms with Crippen molar-refractivity contribution in [2.24, 2.45) is 16.1 Å². The van der Waals surface area contributed by atoms with Gasteiger partial charge in [-0.1, -0.05) is 20.8 Å². The average Bonchev–Trinajstić information content (AvgIpc) is 2.98. The summed E-state index contributed by atoms with van der Waals surface area (Å²) in [4.78, 5) is 7.12. The largest absolute Gasteiger partial charge is 0.381 e. The van der Waals surface area contributed by atoms with Gasteiger partial charge in [-0.25, -0.2) is 0 Å². The van der Waals surface area contributed by atoms with E-state index in [4.69, 9.17) is 10.5 Å². The molecule has 3 unspecified atom stereocenters. The van der Waals surface area contributed by atoms with Gasteiger partial charge in [0.25, 0.3) is 0 Å². The lowest BCUT2D eigenvalue weighted by atomic mass is 9.58. The molecule has 3 atom stereocenters. The number of likely N-dealkylation sites (N-methyl/N-ethyl adjacent to an activating group) is 1. The molecular weight excluding hydrogens is 403 g/mol. The summed E-state index contributed by atoms with van der Waals surface area (Å²) < 4.78 is 5.64. The SMILES string of the molecule is CCN1CCCC1CN=C(N)NC1CC(OC)C1(CC)CC.I. The zero-order valence-corrected chi connectivity index (χ0v) is 17.5. The lowest BCUT2D eigenvalue weighted by Crippen LogP contribution is -2.65. The fourth-order valence-corrected chi connectivity index (χ4v) is 4.43. The summed E-state index contributed by atoms with van der Waals surface area (Å²) in [5, 5.41) is 3.46. The van der Waals surface area contributed by atoms with Crippen LogP contribution in [0.1, 0.15) is 52.9 Å². The van der Waals surface area contributed by atoms with Crippen LogP contribution in [0.5, 0.6) is 0 Å². The number of aliphatic imine (C=N–C) groups is 1. The minimum absolute atomic E-state index is 0. The number of hydrogen-bond acceptors (Lipinski definition) is 3. The molecule has 1 saturated carbocycles. The van der Waals surface area contributed by atoms with E-state index in [1.54, 1.807) is 0 Å². The molecule has 0 bridgehead atoms. The van der Waals surface area contributed by atoms with Crippen molar-refractivity contribution >= 4 is 29.9 Å². The summed E-state index contributed by atoms with van der Waals surface area (Å²) >= 11 is 0. The number of guanidine groups is 1. The Balaban J connectivity index is 0.00000264. The zero-order chi connectivity index (χ0) is 16.2. The van der Waals surface area contributed by atoms with Gasteiger partial charge in [-0.05, 0) is 45.2 Å². The molecule has 1 aliphatic heterocycles. The van der Waals surface area contributed by atoms with E-state index in [1.165, 1.54) is 19.4 Å². The van der Waals surface area contributed by atoms with Gasteiger partial charge in [-0.3, -0.25) is 9.89 Å². The van der Waals surface area contributed by atoms with Crippen molar-refractivity contribution in [3.8, 4) is 0 Å². The molecule has 1 heterocycles. The second kappa shape index (κ2) is 9.42. The third kappa shape index (κ3) is 4.31. The van der Waals surface area contributed by atoms with E-state index < -0.39 is 0 Å². The highest BCUT2D eigenvalue weighted by molar-refractivity contribution is 14.0. The van der Waals surface area contributed by atoms with Crippen molar-refractivity contribution < 1.29 is 4.74 Å². The number of nitrogens with one attached hydrogen (secondary N) is 1. The fraction of sp³-hybridized carbons (Fsp3) is 0.941. The second-order valence-corrected chi connectivity index (χ2v) is 6.75. The van der Waals surface area contributed by atoms with E-state index >= 15 is 0 Å². The normalized spacial score (nSPS) is 30.6. The van der Waals surface area contributed by atoms with Crippen LogP contribution in [-0.2, 0) is 4.74 Å². The van der Waals surface area contributed by atoms with Crippen LogP contribution in [0.4, 0.5) is 0 Å². The van der Waals surface area contributed by atoms with Gasteiger partial charge >= 0.3 is 0 Å². The van der Waals surface area contributed by atoms with Crippen molar-refractivity contribution in [3.63, 3.8) is 0 Å². The maximum absolute atomic E-state index is 6.15. The topological polar surface area (TPSA) is 62.9 Å². The summed E-state index contributed by atoms with van der Waals surface area (Å²) in [5.74, 6) is 0.605. The molecule has 23 heavy (non-hydrogen) atoms. The number of hydrogen-bond donors (Lipinski definition) is 2. The van der Waals surface area contributed by atoms with E-state index in [9.17, 15) is 0 Å². The van der Waals surface area contributed by atoms with E-state index in [0.717, 1.165) is 32.4 Å². The summed E-state index contributed by atoms with van der Waals surface area (Å²) in [7, 11) is 1.82. The Kier molecular flexibility index (Phi) is 8.58. The lowest BCUT2D eigenvalue weighted by molar-refractivity contribution is -0.118. The maximum Gasteiger partial charge on any atom is 0.188 e. The highest BCUT2D eigenvalue weighted by Gasteiger charge is 2.53. The molecule has 0 spiro atoms. The molecule has 5 nitrogen and oxygen atoms in total. The van der Waals surface area contributed by atoms with Crippen molar-refractivity contribution in [1.29, 1.82) is 0 Å². The molecule has 0 radical (unpaired) electrons. The Morgan fingerprint density at radius 2 is 2.04 bits per heavy atom. The van der Waals surface area contributed by atoms with Crippen LogP contribution in [-0.4, -0.2) is 55.8 Å². The zero-order valence-electron chi connectivity index (χ0n) is 15.2. The molecule has 6 heteroatoms. The number of nitrogens with zero attached hydrogens (tertiary/aromatic N) is 2. The first kappa shape index (κ1) is 21.0. The molecule has 136 valence electrons. The predicted octanol–water partition coefficient (Wildman–Crippen LogP) is 2.59. The Labute approximate surface area is 158 Å². The smallest absolute Gasteiger partial charge is 0.188 e. The van der Waals surface area contributed by atoms with Gasteiger partial charge in [0.05, 0.1) is 12.6 Å². The molecule has 0 aromatic carbocycles. The van der Waals surface area contributed by atoms with E-state index in [1.807, 2.05) is 7.11 Å². The van der Waals surface area contributed by atoms with Crippen LogP contribution in [0, 0.1) is 5.41 Å². The summed E-state index contributed by atoms with van der Waals surface area (Å²) in [6, 6.07) is 0.961. The Hall–Kier alpha value is -0.0800. The van der Waals surface area contributed by atoms with Crippen LogP contribution in [0.3, 0.4) is 0 Å². The summed E-state index contributed by atoms with van der Waals surface area (Å²) in [6.45, 7) is 9.85. The maximum atomic E-state index is 6.15. The predicted molar refractivity (Wildman–Crippen MR) is 108 cm³/mol. The van der Waals surface area contributed by atoms with Crippen LogP contribution in [0.25, 0.3) is 0 Å². The number of halogens is 1. The molecule has 1 aliphatic carbocycles. The number of rotatable bonds is 7. The molecule has 2 aliphatic rings. The number of methoxy groups -OCH3 is 1. The molecule has 0 amide bonds. The fourth-order valence-electron chi connectivity index (χ4n) is 4.43. The number of likely N-dealkylation sites (tertiary alicyclic amines) is 1. The van der Waals surface area contributed by atoms with Crippen LogP contribution in [0.15, 0.2) is 4.99 Å². The first-order valence-corrected chi connectivity index (χ1v) is 8.94. The molecule has 3 N–H and O–H groups in total. The van der Waals surface area contributed by atoms with Gasteiger partial charge in [0.2, 0.25) is 0 Å². The molecule has 0 aromatic heterocycles. The standard InChI is InChI=1S/C17H34N4O.HI/c1-5-17(6-2)14(11-15(17)22-4)20-16(18)19-12-13-9-8-10-21(13)7-3;/h13-15H,5-12H2,1-4H3,(H3,18,19,20);1H. The van der Waals surface area contributed by atoms with E-state index in [0.29, 0.717) is 24.1 Å². The Morgan fingerprint density at radius 1 is 1.35 bits per heavy atom. The minimum Gasteiger partial charge on any atom is -0.381 e. The summed E-state index contributed by atoms with van der Waals surface area (Å²) in [6.07, 6.45) is 6.12. The minimum atomic E-state index is 0. The first-order valence-electron chi connectivity index (χ1n) is 8.94. The summed E-state index contributed by atoms with van der Waals surface area (Å²) in [5.41, 5.74) is 6.35. The highest BCUT2D eigenvalue weighted by Crippen LogP contribution is 2.48.